The first kappa shape index (κ1) is 24.6. The van der Waals surface area contributed by atoms with Gasteiger partial charge in [0, 0.05) is 0 Å². The molecule has 0 unspecified atom stereocenters. The van der Waals surface area contributed by atoms with Gasteiger partial charge in [0.25, 0.3) is 0 Å². The van der Waals surface area contributed by atoms with E-state index < -0.39 is 0 Å². The van der Waals surface area contributed by atoms with Crippen LogP contribution in [0.1, 0.15) is 25.0 Å². The summed E-state index contributed by atoms with van der Waals surface area (Å²) in [6.45, 7) is 4.25. The maximum atomic E-state index is 3.33. The molecule has 142 valence electrons. The average Bonchev–Trinajstić information content (AvgIpc) is 3.35. The predicted molar refractivity (Wildman–Crippen MR) is 110 cm³/mol. The summed E-state index contributed by atoms with van der Waals surface area (Å²) < 4.78 is 1.51. The van der Waals surface area contributed by atoms with E-state index >= 15 is 0 Å². The molecule has 0 aliphatic heterocycles. The summed E-state index contributed by atoms with van der Waals surface area (Å²) in [4.78, 5) is 0. The maximum Gasteiger partial charge on any atom is -0.0188 e. The summed E-state index contributed by atoms with van der Waals surface area (Å²) in [7, 11) is 0. The minimum Gasteiger partial charge on any atom is -1.00 e. The topological polar surface area (TPSA) is 0 Å². The van der Waals surface area contributed by atoms with E-state index in [1.807, 2.05) is 30.3 Å². The van der Waals surface area contributed by atoms with Crippen LogP contribution in [0.4, 0.5) is 0 Å². The van der Waals surface area contributed by atoms with Gasteiger partial charge in [-0.1, -0.05) is 48.2 Å². The van der Waals surface area contributed by atoms with Crippen LogP contribution in [0.5, 0.6) is 0 Å². The summed E-state index contributed by atoms with van der Waals surface area (Å²) in [6.07, 6.45) is 6.48. The number of fused-ring (bicyclic) bond motifs is 5. The molecule has 5 rings (SSSR count). The van der Waals surface area contributed by atoms with Crippen LogP contribution in [-0.2, 0) is 30.7 Å². The van der Waals surface area contributed by atoms with Gasteiger partial charge in [-0.05, 0) is 16.2 Å². The summed E-state index contributed by atoms with van der Waals surface area (Å²) in [5, 5.41) is 5.42. The molecular weight excluding hydrogens is 462 g/mol. The van der Waals surface area contributed by atoms with Crippen molar-refractivity contribution in [3.8, 4) is 0 Å². The van der Waals surface area contributed by atoms with Crippen LogP contribution in [0.25, 0.3) is 21.5 Å². The van der Waals surface area contributed by atoms with Gasteiger partial charge >= 0.3 is 41.3 Å². The molecule has 0 nitrogen and oxygen atoms in total. The van der Waals surface area contributed by atoms with E-state index in [-0.39, 0.29) is 24.8 Å². The number of halogens is 2. The van der Waals surface area contributed by atoms with Gasteiger partial charge in [-0.25, -0.2) is 12.1 Å². The van der Waals surface area contributed by atoms with Crippen LogP contribution in [-0.4, -0.2) is 3.21 Å². The Labute approximate surface area is 195 Å². The Kier molecular flexibility index (Phi) is 10.8. The van der Waals surface area contributed by atoms with E-state index in [0.29, 0.717) is 0 Å². The third kappa shape index (κ3) is 6.31. The van der Waals surface area contributed by atoms with Crippen LogP contribution in [0.3, 0.4) is 0 Å². The molecule has 28 heavy (non-hydrogen) atoms. The number of hydrogen-bond acceptors (Lipinski definition) is 0. The summed E-state index contributed by atoms with van der Waals surface area (Å²) in [5.41, 5.74) is 2.69. The number of hydrogen-bond donors (Lipinski definition) is 0. The zero-order valence-electron chi connectivity index (χ0n) is 16.0. The molecule has 0 spiro atoms. The zero-order chi connectivity index (χ0) is 18.4. The smallest absolute Gasteiger partial charge is 0.0188 e. The van der Waals surface area contributed by atoms with Gasteiger partial charge in [-0.15, -0.1) is 11.6 Å². The maximum absolute atomic E-state index is 3.33. The van der Waals surface area contributed by atoms with E-state index in [1.165, 1.54) is 35.9 Å². The molecular formula is C25H22Cl2Zr-2. The van der Waals surface area contributed by atoms with E-state index in [1.54, 1.807) is 24.2 Å². The number of allylic oxidation sites excluding steroid dienone is 1. The van der Waals surface area contributed by atoms with Gasteiger partial charge < -0.3 is 24.8 Å². The van der Waals surface area contributed by atoms with Crippen molar-refractivity contribution in [2.75, 3.05) is 0 Å². The van der Waals surface area contributed by atoms with Crippen LogP contribution < -0.4 is 24.8 Å². The van der Waals surface area contributed by atoms with Crippen molar-refractivity contribution < 1.29 is 49.0 Å². The summed E-state index contributed by atoms with van der Waals surface area (Å²) in [5.74, 6) is 0. The number of benzene rings is 3. The van der Waals surface area contributed by atoms with Crippen LogP contribution in [0, 0.1) is 6.08 Å². The van der Waals surface area contributed by atoms with Crippen molar-refractivity contribution in [3.05, 3.63) is 102 Å². The van der Waals surface area contributed by atoms with Gasteiger partial charge in [-0.3, -0.25) is 0 Å². The molecule has 0 radical (unpaired) electrons. The first-order valence-electron chi connectivity index (χ1n) is 8.87. The fourth-order valence-corrected chi connectivity index (χ4v) is 3.10. The third-order valence-electron chi connectivity index (χ3n) is 4.14. The zero-order valence-corrected chi connectivity index (χ0v) is 20.0. The quantitative estimate of drug-likeness (QED) is 0.251. The average molecular weight is 485 g/mol. The standard InChI is InChI=1S/C17H11.C5H5.C3H6.2ClH.Zr/c1-2-6-15-12(4-1)8-10-14-11-9-13-5-3-7-16(13)17(14)15;1-2-4-5-3-1;1-3-2;;;/h1-4,6,8-11H,7H2;1-5H;1-2H3;2*1H;/q2*-1;;;;+2/p-2. The molecule has 3 heteroatoms. The van der Waals surface area contributed by atoms with Gasteiger partial charge in [0.05, 0.1) is 0 Å². The summed E-state index contributed by atoms with van der Waals surface area (Å²) in [6, 6.07) is 27.4. The van der Waals surface area contributed by atoms with E-state index in [4.69, 9.17) is 0 Å². The minimum atomic E-state index is 0. The molecule has 0 heterocycles. The molecule has 0 fully saturated rings. The van der Waals surface area contributed by atoms with Gasteiger partial charge in [0.2, 0.25) is 0 Å². The normalized spacial score (nSPS) is 10.6. The van der Waals surface area contributed by atoms with E-state index in [9.17, 15) is 0 Å². The Morgan fingerprint density at radius 2 is 1.46 bits per heavy atom. The van der Waals surface area contributed by atoms with E-state index in [2.05, 4.69) is 74.5 Å². The molecule has 1 aliphatic carbocycles. The Morgan fingerprint density at radius 1 is 0.857 bits per heavy atom. The molecule has 0 N–H and O–H groups in total. The Balaban J connectivity index is 0.000000302. The number of rotatable bonds is 0. The monoisotopic (exact) mass is 482 g/mol. The van der Waals surface area contributed by atoms with Crippen molar-refractivity contribution in [3.63, 3.8) is 0 Å². The fourth-order valence-electron chi connectivity index (χ4n) is 3.10. The van der Waals surface area contributed by atoms with Crippen LogP contribution >= 0.6 is 0 Å². The van der Waals surface area contributed by atoms with Gasteiger partial charge in [-0.2, -0.15) is 42.0 Å². The first-order valence-corrected chi connectivity index (χ1v) is 10.1. The van der Waals surface area contributed by atoms with Gasteiger partial charge in [0.15, 0.2) is 0 Å². The van der Waals surface area contributed by atoms with E-state index in [0.717, 1.165) is 6.42 Å². The molecule has 4 aromatic rings. The molecule has 0 bridgehead atoms. The second-order valence-electron chi connectivity index (χ2n) is 6.49. The predicted octanol–water partition coefficient (Wildman–Crippen LogP) is 0.415. The Bertz CT molecular complexity index is 1030. The van der Waals surface area contributed by atoms with Crippen LogP contribution in [0.15, 0.2) is 84.9 Å². The van der Waals surface area contributed by atoms with Crippen molar-refractivity contribution in [2.24, 2.45) is 0 Å². The first-order chi connectivity index (χ1) is 12.7. The largest absolute Gasteiger partial charge is 1.00 e. The Hall–Kier alpha value is -1.40. The molecule has 0 saturated carbocycles. The van der Waals surface area contributed by atoms with Gasteiger partial charge in [0.1, 0.15) is 0 Å². The molecule has 4 aromatic carbocycles. The van der Waals surface area contributed by atoms with Crippen molar-refractivity contribution in [1.82, 2.24) is 0 Å². The molecule has 0 aromatic heterocycles. The van der Waals surface area contributed by atoms with Crippen molar-refractivity contribution >= 4 is 24.8 Å². The Morgan fingerprint density at radius 3 is 2.11 bits per heavy atom. The second kappa shape index (κ2) is 12.2. The molecule has 0 atom stereocenters. The molecule has 0 amide bonds. The second-order valence-corrected chi connectivity index (χ2v) is 8.95. The molecule has 0 saturated heterocycles. The SMILES string of the molecule is C[C](C)=[Zr+2].[C-]1=CCc2c1ccc1ccc3ccccc3c21.[Cl-].[Cl-].c1cc[cH-]c1. The minimum absolute atomic E-state index is 0. The van der Waals surface area contributed by atoms with Crippen LogP contribution in [0.2, 0.25) is 0 Å². The van der Waals surface area contributed by atoms with Crippen molar-refractivity contribution in [1.29, 1.82) is 0 Å². The third-order valence-corrected chi connectivity index (χ3v) is 4.14. The fraction of sp³-hybridized carbons (Fsp3) is 0.120. The summed E-state index contributed by atoms with van der Waals surface area (Å²) >= 11 is 1.55. The molecule has 1 aliphatic rings. The van der Waals surface area contributed by atoms with Crippen molar-refractivity contribution in [2.45, 2.75) is 20.3 Å².